The van der Waals surface area contributed by atoms with Gasteiger partial charge in [-0.15, -0.1) is 0 Å². The third kappa shape index (κ3) is 7.88. The van der Waals surface area contributed by atoms with Crippen LogP contribution in [0.15, 0.2) is 35.3 Å². The number of ether oxygens (including phenoxy) is 1. The highest BCUT2D eigenvalue weighted by atomic mass is 16.5. The van der Waals surface area contributed by atoms with Crippen molar-refractivity contribution >= 4 is 5.96 Å². The lowest BCUT2D eigenvalue weighted by molar-refractivity contribution is 0.0258. The van der Waals surface area contributed by atoms with E-state index in [0.717, 1.165) is 32.1 Å². The summed E-state index contributed by atoms with van der Waals surface area (Å²) in [5.74, 6) is 1.36. The molecule has 0 bridgehead atoms. The fourth-order valence-corrected chi connectivity index (χ4v) is 2.84. The van der Waals surface area contributed by atoms with Gasteiger partial charge in [-0.2, -0.15) is 0 Å². The first-order chi connectivity index (χ1) is 12.0. The van der Waals surface area contributed by atoms with Crippen LogP contribution in [0.2, 0.25) is 0 Å². The van der Waals surface area contributed by atoms with Crippen molar-refractivity contribution in [3.8, 4) is 0 Å². The van der Waals surface area contributed by atoms with Gasteiger partial charge >= 0.3 is 0 Å². The molecule has 5 nitrogen and oxygen atoms in total. The minimum atomic E-state index is 0.287. The molecule has 1 rings (SSSR count). The summed E-state index contributed by atoms with van der Waals surface area (Å²) >= 11 is 0. The molecule has 25 heavy (non-hydrogen) atoms. The highest BCUT2D eigenvalue weighted by molar-refractivity contribution is 5.79. The molecule has 0 radical (unpaired) electrons. The monoisotopic (exact) mass is 348 g/mol. The van der Waals surface area contributed by atoms with Crippen molar-refractivity contribution in [2.24, 2.45) is 10.9 Å². The zero-order valence-electron chi connectivity index (χ0n) is 16.7. The third-order valence-electron chi connectivity index (χ3n) is 4.34. The number of nitrogens with one attached hydrogen (secondary N) is 2. The lowest BCUT2D eigenvalue weighted by Crippen LogP contribution is -2.42. The van der Waals surface area contributed by atoms with Crippen molar-refractivity contribution in [1.82, 2.24) is 15.5 Å². The number of guanidine groups is 1. The van der Waals surface area contributed by atoms with Crippen molar-refractivity contribution in [3.63, 3.8) is 0 Å². The van der Waals surface area contributed by atoms with Gasteiger partial charge in [-0.25, -0.2) is 0 Å². The van der Waals surface area contributed by atoms with Crippen molar-refractivity contribution in [1.29, 1.82) is 0 Å². The normalized spacial score (nSPS) is 14.6. The van der Waals surface area contributed by atoms with E-state index in [4.69, 9.17) is 4.74 Å². The molecule has 0 saturated heterocycles. The van der Waals surface area contributed by atoms with E-state index in [1.54, 1.807) is 0 Å². The summed E-state index contributed by atoms with van der Waals surface area (Å²) in [4.78, 5) is 6.56. The third-order valence-corrected chi connectivity index (χ3v) is 4.34. The second-order valence-electron chi connectivity index (χ2n) is 6.80. The van der Waals surface area contributed by atoms with Crippen LogP contribution in [0.1, 0.15) is 38.8 Å². The topological polar surface area (TPSA) is 48.9 Å². The molecule has 5 heteroatoms. The maximum Gasteiger partial charge on any atom is 0.191 e. The predicted molar refractivity (Wildman–Crippen MR) is 107 cm³/mol. The Morgan fingerprint density at radius 2 is 1.84 bits per heavy atom. The summed E-state index contributed by atoms with van der Waals surface area (Å²) in [5.41, 5.74) is 1.30. The second kappa shape index (κ2) is 11.9. The number of rotatable bonds is 10. The van der Waals surface area contributed by atoms with Gasteiger partial charge in [0.2, 0.25) is 0 Å². The van der Waals surface area contributed by atoms with Crippen LogP contribution >= 0.6 is 0 Å². The van der Waals surface area contributed by atoms with Gasteiger partial charge in [0.05, 0.1) is 12.1 Å². The molecule has 0 saturated carbocycles. The minimum absolute atomic E-state index is 0.287. The maximum atomic E-state index is 5.80. The van der Waals surface area contributed by atoms with Crippen molar-refractivity contribution < 1.29 is 4.74 Å². The molecule has 0 amide bonds. The van der Waals surface area contributed by atoms with Crippen LogP contribution in [0, 0.1) is 5.92 Å². The van der Waals surface area contributed by atoms with Crippen molar-refractivity contribution in [2.45, 2.75) is 39.3 Å². The number of benzene rings is 1. The molecular weight excluding hydrogens is 312 g/mol. The Morgan fingerprint density at radius 3 is 2.36 bits per heavy atom. The first-order valence-corrected chi connectivity index (χ1v) is 9.27. The molecule has 0 aliphatic heterocycles. The fraction of sp³-hybridized carbons (Fsp3) is 0.650. The Morgan fingerprint density at radius 1 is 1.16 bits per heavy atom. The Hall–Kier alpha value is -1.59. The molecule has 0 spiro atoms. The van der Waals surface area contributed by atoms with Crippen LogP contribution in [0.3, 0.4) is 0 Å². The van der Waals surface area contributed by atoms with E-state index in [1.165, 1.54) is 5.56 Å². The van der Waals surface area contributed by atoms with E-state index in [-0.39, 0.29) is 6.10 Å². The van der Waals surface area contributed by atoms with Crippen molar-refractivity contribution in [2.75, 3.05) is 40.8 Å². The molecule has 1 aromatic rings. The summed E-state index contributed by atoms with van der Waals surface area (Å²) in [6.07, 6.45) is 1.26. The lowest BCUT2D eigenvalue weighted by Gasteiger charge is -2.26. The zero-order chi connectivity index (χ0) is 18.7. The molecule has 142 valence electrons. The Kier molecular flexibility index (Phi) is 10.2. The Bertz CT molecular complexity index is 488. The molecule has 0 heterocycles. The molecule has 2 unspecified atom stereocenters. The Labute approximate surface area is 153 Å². The van der Waals surface area contributed by atoms with E-state index in [2.05, 4.69) is 72.7 Å². The number of likely N-dealkylation sites (N-methyl/N-ethyl adjacent to an activating group) is 1. The summed E-state index contributed by atoms with van der Waals surface area (Å²) in [6, 6.07) is 10.8. The summed E-state index contributed by atoms with van der Waals surface area (Å²) < 4.78 is 5.80. The van der Waals surface area contributed by atoms with Gasteiger partial charge in [0.15, 0.2) is 5.96 Å². The van der Waals surface area contributed by atoms with E-state index in [0.29, 0.717) is 12.0 Å². The smallest absolute Gasteiger partial charge is 0.191 e. The highest BCUT2D eigenvalue weighted by Gasteiger charge is 2.15. The van der Waals surface area contributed by atoms with Gasteiger partial charge in [0.25, 0.3) is 0 Å². The summed E-state index contributed by atoms with van der Waals surface area (Å²) in [6.45, 7) is 8.87. The van der Waals surface area contributed by atoms with Gasteiger partial charge in [-0.3, -0.25) is 4.99 Å². The fourth-order valence-electron chi connectivity index (χ4n) is 2.84. The summed E-state index contributed by atoms with van der Waals surface area (Å²) in [7, 11) is 6.01. The molecule has 1 aromatic carbocycles. The van der Waals surface area contributed by atoms with Crippen LogP contribution in [-0.2, 0) is 4.74 Å². The van der Waals surface area contributed by atoms with Crippen LogP contribution in [0.5, 0.6) is 0 Å². The minimum Gasteiger partial charge on any atom is -0.378 e. The van der Waals surface area contributed by atoms with E-state index < -0.39 is 0 Å². The largest absolute Gasteiger partial charge is 0.378 e. The summed E-state index contributed by atoms with van der Waals surface area (Å²) in [5, 5.41) is 6.84. The van der Waals surface area contributed by atoms with Crippen LogP contribution < -0.4 is 10.6 Å². The van der Waals surface area contributed by atoms with E-state index in [1.807, 2.05) is 20.0 Å². The molecule has 0 aromatic heterocycles. The van der Waals surface area contributed by atoms with E-state index >= 15 is 0 Å². The zero-order valence-corrected chi connectivity index (χ0v) is 16.7. The number of hydrogen-bond acceptors (Lipinski definition) is 3. The Balaban J connectivity index is 2.50. The molecule has 0 fully saturated rings. The second-order valence-corrected chi connectivity index (χ2v) is 6.80. The lowest BCUT2D eigenvalue weighted by atomic mass is 10.0. The van der Waals surface area contributed by atoms with E-state index in [9.17, 15) is 0 Å². The predicted octanol–water partition coefficient (Wildman–Crippen LogP) is 2.91. The van der Waals surface area contributed by atoms with Crippen LogP contribution in [0.25, 0.3) is 0 Å². The molecule has 0 aliphatic rings. The van der Waals surface area contributed by atoms with Gasteiger partial charge in [-0.1, -0.05) is 44.2 Å². The standard InChI is InChI=1S/C20H36N4O/c1-7-25-19(16(2)3)13-14-22-20(21-4)23-15-18(24(5)6)17-11-9-8-10-12-17/h8-12,16,18-19H,7,13-15H2,1-6H3,(H2,21,22,23). The van der Waals surface area contributed by atoms with Gasteiger partial charge in [-0.05, 0) is 38.9 Å². The SMILES string of the molecule is CCOC(CCNC(=NC)NCC(c1ccccc1)N(C)C)C(C)C. The molecule has 2 N–H and O–H groups in total. The number of nitrogens with zero attached hydrogens (tertiary/aromatic N) is 2. The highest BCUT2D eigenvalue weighted by Crippen LogP contribution is 2.16. The first kappa shape index (κ1) is 21.5. The molecule has 0 aliphatic carbocycles. The first-order valence-electron chi connectivity index (χ1n) is 9.27. The van der Waals surface area contributed by atoms with Crippen LogP contribution in [0.4, 0.5) is 0 Å². The molecule has 2 atom stereocenters. The average Bonchev–Trinajstić information content (AvgIpc) is 2.60. The average molecular weight is 349 g/mol. The van der Waals surface area contributed by atoms with Crippen LogP contribution in [-0.4, -0.2) is 57.8 Å². The quantitative estimate of drug-likeness (QED) is 0.504. The van der Waals surface area contributed by atoms with Gasteiger partial charge < -0.3 is 20.3 Å². The van der Waals surface area contributed by atoms with Crippen molar-refractivity contribution in [3.05, 3.63) is 35.9 Å². The van der Waals surface area contributed by atoms with Gasteiger partial charge in [0.1, 0.15) is 0 Å². The molecular formula is C20H36N4O. The maximum absolute atomic E-state index is 5.80. The number of hydrogen-bond donors (Lipinski definition) is 2. The van der Waals surface area contributed by atoms with Gasteiger partial charge in [0, 0.05) is 26.7 Å². The number of aliphatic imine (C=N–C) groups is 1.